The summed E-state index contributed by atoms with van der Waals surface area (Å²) in [5, 5.41) is 17.7. The molecule has 0 aliphatic carbocycles. The van der Waals surface area contributed by atoms with Crippen LogP contribution in [0.5, 0.6) is 0 Å². The van der Waals surface area contributed by atoms with Gasteiger partial charge in [-0.05, 0) is 42.4 Å². The molecule has 2 rings (SSSR count). The van der Waals surface area contributed by atoms with Gasteiger partial charge in [0.1, 0.15) is 18.1 Å². The van der Waals surface area contributed by atoms with E-state index in [1.54, 1.807) is 24.3 Å². The van der Waals surface area contributed by atoms with Crippen LogP contribution in [0.2, 0.25) is 0 Å². The van der Waals surface area contributed by atoms with Gasteiger partial charge in [-0.3, -0.25) is 14.5 Å². The van der Waals surface area contributed by atoms with E-state index in [2.05, 4.69) is 16.0 Å². The summed E-state index contributed by atoms with van der Waals surface area (Å²) in [6.07, 6.45) is 2.73. The number of carboxylic acid groups (broad SMARTS) is 1. The number of rotatable bonds is 10. The van der Waals surface area contributed by atoms with Crippen LogP contribution in [0.3, 0.4) is 0 Å². The Kier molecular flexibility index (Phi) is 9.57. The van der Waals surface area contributed by atoms with Crippen LogP contribution in [0.4, 0.5) is 16.2 Å². The molecule has 1 heterocycles. The first-order chi connectivity index (χ1) is 15.6. The Morgan fingerprint density at radius 2 is 1.85 bits per heavy atom. The fourth-order valence-electron chi connectivity index (χ4n) is 3.76. The number of benzene rings is 1. The van der Waals surface area contributed by atoms with Crippen molar-refractivity contribution < 1.29 is 24.3 Å². The van der Waals surface area contributed by atoms with Gasteiger partial charge in [0.25, 0.3) is 0 Å². The molecule has 4 amide bonds. The number of urea groups is 1. The zero-order valence-electron chi connectivity index (χ0n) is 19.8. The zero-order chi connectivity index (χ0) is 24.7. The van der Waals surface area contributed by atoms with Crippen LogP contribution in [0, 0.1) is 11.8 Å². The fraction of sp³-hybridized carbons (Fsp3) is 0.565. The third-order valence-corrected chi connectivity index (χ3v) is 6.46. The topological polar surface area (TPSA) is 128 Å². The van der Waals surface area contributed by atoms with Gasteiger partial charge in [-0.1, -0.05) is 46.2 Å². The molecule has 1 aromatic rings. The van der Waals surface area contributed by atoms with Gasteiger partial charge < -0.3 is 21.1 Å². The number of hydrogen-bond donors (Lipinski definition) is 4. The van der Waals surface area contributed by atoms with E-state index in [0.29, 0.717) is 23.5 Å². The molecule has 182 valence electrons. The summed E-state index contributed by atoms with van der Waals surface area (Å²) in [5.41, 5.74) is 1.06. The minimum atomic E-state index is -1.12. The zero-order valence-corrected chi connectivity index (χ0v) is 20.6. The van der Waals surface area contributed by atoms with Crippen molar-refractivity contribution in [3.8, 4) is 0 Å². The molecule has 9 nitrogen and oxygen atoms in total. The summed E-state index contributed by atoms with van der Waals surface area (Å²) in [7, 11) is 0. The number of carboxylic acids is 1. The molecular weight excluding hydrogens is 444 g/mol. The molecule has 4 atom stereocenters. The largest absolute Gasteiger partial charge is 0.480 e. The van der Waals surface area contributed by atoms with Crippen LogP contribution in [-0.4, -0.2) is 59.1 Å². The smallest absolute Gasteiger partial charge is 0.326 e. The van der Waals surface area contributed by atoms with Crippen LogP contribution in [0.15, 0.2) is 24.3 Å². The van der Waals surface area contributed by atoms with E-state index < -0.39 is 36.0 Å². The van der Waals surface area contributed by atoms with Crippen molar-refractivity contribution in [3.63, 3.8) is 0 Å². The van der Waals surface area contributed by atoms with Crippen molar-refractivity contribution in [2.24, 2.45) is 11.8 Å². The maximum absolute atomic E-state index is 13.5. The van der Waals surface area contributed by atoms with Gasteiger partial charge in [0.2, 0.25) is 11.8 Å². The molecule has 0 bridgehead atoms. The van der Waals surface area contributed by atoms with Crippen molar-refractivity contribution >= 4 is 47.0 Å². The predicted molar refractivity (Wildman–Crippen MR) is 131 cm³/mol. The molecular formula is C23H34N4O5S. The molecule has 0 saturated carbocycles. The van der Waals surface area contributed by atoms with Gasteiger partial charge in [-0.25, -0.2) is 9.59 Å². The maximum Gasteiger partial charge on any atom is 0.326 e. The van der Waals surface area contributed by atoms with Crippen LogP contribution in [0.1, 0.15) is 40.5 Å². The van der Waals surface area contributed by atoms with Crippen LogP contribution in [-0.2, 0) is 14.4 Å². The van der Waals surface area contributed by atoms with Gasteiger partial charge in [0.05, 0.1) is 11.4 Å². The van der Waals surface area contributed by atoms with Gasteiger partial charge in [-0.15, -0.1) is 0 Å². The lowest BCUT2D eigenvalue weighted by Gasteiger charge is -2.39. The number of fused-ring (bicyclic) bond motifs is 1. The number of thioether (sulfide) groups is 1. The van der Waals surface area contributed by atoms with Crippen molar-refractivity contribution in [1.82, 2.24) is 10.6 Å². The highest BCUT2D eigenvalue weighted by Crippen LogP contribution is 2.34. The Morgan fingerprint density at radius 3 is 2.42 bits per heavy atom. The van der Waals surface area contributed by atoms with E-state index in [-0.39, 0.29) is 24.2 Å². The fourth-order valence-corrected chi connectivity index (χ4v) is 4.23. The quantitative estimate of drug-likeness (QED) is 0.409. The van der Waals surface area contributed by atoms with Crippen molar-refractivity contribution in [1.29, 1.82) is 0 Å². The minimum Gasteiger partial charge on any atom is -0.480 e. The van der Waals surface area contributed by atoms with E-state index in [1.165, 1.54) is 16.7 Å². The van der Waals surface area contributed by atoms with Crippen LogP contribution >= 0.6 is 11.8 Å². The predicted octanol–water partition coefficient (Wildman–Crippen LogP) is 2.92. The molecule has 0 aromatic heterocycles. The van der Waals surface area contributed by atoms with Gasteiger partial charge in [0, 0.05) is 0 Å². The Morgan fingerprint density at radius 1 is 1.18 bits per heavy atom. The lowest BCUT2D eigenvalue weighted by molar-refractivity contribution is -0.142. The van der Waals surface area contributed by atoms with E-state index in [0.717, 1.165) is 0 Å². The number of nitrogens with one attached hydrogen (secondary N) is 3. The van der Waals surface area contributed by atoms with Crippen LogP contribution in [0.25, 0.3) is 0 Å². The molecule has 1 aromatic carbocycles. The van der Waals surface area contributed by atoms with E-state index in [1.807, 2.05) is 34.0 Å². The van der Waals surface area contributed by atoms with Crippen molar-refractivity contribution in [3.05, 3.63) is 24.3 Å². The first-order valence-corrected chi connectivity index (χ1v) is 12.5. The third kappa shape index (κ3) is 6.40. The monoisotopic (exact) mass is 478 g/mol. The average molecular weight is 479 g/mol. The van der Waals surface area contributed by atoms with Crippen LogP contribution < -0.4 is 20.9 Å². The average Bonchev–Trinajstić information content (AvgIpc) is 2.77. The molecule has 0 spiro atoms. The standard InChI is InChI=1S/C23H34N4O5S/c1-6-14(4)18(20(28)25-16(22(30)31)11-12-33-5)26-23(32)27-17-10-8-7-9-15(17)24-21(29)19(27)13(2)3/h7-10,13-14,16,18-19H,6,11-12H2,1-5H3,(H,24,29)(H,25,28)(H,26,32)(H,30,31)/t14-,16-,18-,19+/m0/s1. The number of carbonyl (C=O) groups is 4. The lowest BCUT2D eigenvalue weighted by atomic mass is 9.96. The van der Waals surface area contributed by atoms with Gasteiger partial charge in [-0.2, -0.15) is 11.8 Å². The number of para-hydroxylation sites is 2. The number of aliphatic carboxylic acids is 1. The number of anilines is 2. The van der Waals surface area contributed by atoms with E-state index in [4.69, 9.17) is 0 Å². The highest BCUT2D eigenvalue weighted by atomic mass is 32.2. The second kappa shape index (κ2) is 11.9. The summed E-state index contributed by atoms with van der Waals surface area (Å²) in [6.45, 7) is 7.40. The Hall–Kier alpha value is -2.75. The molecule has 0 radical (unpaired) electrons. The normalized spacial score (nSPS) is 18.1. The third-order valence-electron chi connectivity index (χ3n) is 5.82. The van der Waals surface area contributed by atoms with Gasteiger partial charge in [0.15, 0.2) is 0 Å². The number of nitrogens with zero attached hydrogens (tertiary/aromatic N) is 1. The Bertz CT molecular complexity index is 878. The summed E-state index contributed by atoms with van der Waals surface area (Å²) >= 11 is 1.49. The first-order valence-electron chi connectivity index (χ1n) is 11.1. The summed E-state index contributed by atoms with van der Waals surface area (Å²) in [4.78, 5) is 52.3. The summed E-state index contributed by atoms with van der Waals surface area (Å²) in [5.74, 6) is -1.83. The Balaban J connectivity index is 2.32. The number of carbonyl (C=O) groups excluding carboxylic acids is 3. The SMILES string of the molecule is CC[C@H](C)[C@H](NC(=O)N1c2ccccc2NC(=O)[C@H]1C(C)C)C(=O)N[C@@H](CCSC)C(=O)O. The molecule has 1 aliphatic rings. The molecule has 0 unspecified atom stereocenters. The Labute approximate surface area is 199 Å². The molecule has 1 aliphatic heterocycles. The molecule has 10 heteroatoms. The van der Waals surface area contributed by atoms with Gasteiger partial charge >= 0.3 is 12.0 Å². The first kappa shape index (κ1) is 26.5. The second-order valence-electron chi connectivity index (χ2n) is 8.56. The van der Waals surface area contributed by atoms with Crippen molar-refractivity contribution in [2.45, 2.75) is 58.7 Å². The number of amides is 4. The minimum absolute atomic E-state index is 0.178. The maximum atomic E-state index is 13.5. The summed E-state index contributed by atoms with van der Waals surface area (Å²) < 4.78 is 0. The molecule has 0 fully saturated rings. The lowest BCUT2D eigenvalue weighted by Crippen LogP contribution is -2.61. The second-order valence-corrected chi connectivity index (χ2v) is 9.54. The van der Waals surface area contributed by atoms with Crippen molar-refractivity contribution in [2.75, 3.05) is 22.2 Å². The highest BCUT2D eigenvalue weighted by Gasteiger charge is 2.40. The highest BCUT2D eigenvalue weighted by molar-refractivity contribution is 7.98. The summed E-state index contributed by atoms with van der Waals surface area (Å²) in [6, 6.07) is 3.66. The molecule has 0 saturated heterocycles. The molecule has 33 heavy (non-hydrogen) atoms. The molecule has 4 N–H and O–H groups in total. The van der Waals surface area contributed by atoms with E-state index >= 15 is 0 Å². The number of hydrogen-bond acceptors (Lipinski definition) is 5. The van der Waals surface area contributed by atoms with E-state index in [9.17, 15) is 24.3 Å².